The van der Waals surface area contributed by atoms with E-state index in [-0.39, 0.29) is 24.3 Å². The van der Waals surface area contributed by atoms with Gasteiger partial charge in [0.15, 0.2) is 0 Å². The number of urea groups is 1. The standard InChI is InChI=1S/C19H29N5O3/c1-5-15-12(3)22-24(13(15)4)11-16(25)23-9-7-14(8-10-23)19(6-2)17(26)20-18(27)21-19/h14H,5-11H2,1-4H3,(H2,20,21,26,27). The second kappa shape index (κ2) is 7.32. The molecule has 2 fully saturated rings. The zero-order chi connectivity index (χ0) is 19.8. The van der Waals surface area contributed by atoms with Crippen LogP contribution in [0.1, 0.15) is 50.1 Å². The maximum absolute atomic E-state index is 12.7. The molecule has 0 radical (unpaired) electrons. The van der Waals surface area contributed by atoms with E-state index in [0.717, 1.165) is 17.8 Å². The fourth-order valence-corrected chi connectivity index (χ4v) is 4.58. The molecule has 2 aliphatic heterocycles. The van der Waals surface area contributed by atoms with E-state index in [2.05, 4.69) is 22.7 Å². The van der Waals surface area contributed by atoms with Crippen molar-refractivity contribution in [1.82, 2.24) is 25.3 Å². The van der Waals surface area contributed by atoms with Gasteiger partial charge < -0.3 is 10.2 Å². The molecular weight excluding hydrogens is 346 g/mol. The molecule has 2 aliphatic rings. The Hall–Kier alpha value is -2.38. The van der Waals surface area contributed by atoms with E-state index in [0.29, 0.717) is 32.4 Å². The molecular formula is C19H29N5O3. The average Bonchev–Trinajstić information content (AvgIpc) is 3.10. The van der Waals surface area contributed by atoms with Gasteiger partial charge in [0.1, 0.15) is 12.1 Å². The fourth-order valence-electron chi connectivity index (χ4n) is 4.58. The van der Waals surface area contributed by atoms with Gasteiger partial charge in [0, 0.05) is 18.8 Å². The maximum Gasteiger partial charge on any atom is 0.322 e. The van der Waals surface area contributed by atoms with Gasteiger partial charge in [0.2, 0.25) is 5.91 Å². The maximum atomic E-state index is 12.7. The number of rotatable bonds is 5. The molecule has 2 saturated heterocycles. The number of amides is 4. The van der Waals surface area contributed by atoms with Crippen LogP contribution >= 0.6 is 0 Å². The van der Waals surface area contributed by atoms with Crippen molar-refractivity contribution in [1.29, 1.82) is 0 Å². The number of likely N-dealkylation sites (tertiary alicyclic amines) is 1. The number of nitrogens with one attached hydrogen (secondary N) is 2. The summed E-state index contributed by atoms with van der Waals surface area (Å²) < 4.78 is 1.79. The van der Waals surface area contributed by atoms with E-state index in [9.17, 15) is 14.4 Å². The third-order valence-electron chi connectivity index (χ3n) is 6.24. The number of hydrogen-bond donors (Lipinski definition) is 2. The van der Waals surface area contributed by atoms with Crippen LogP contribution in [-0.4, -0.2) is 51.2 Å². The molecule has 0 aromatic carbocycles. The Kier molecular flexibility index (Phi) is 5.26. The van der Waals surface area contributed by atoms with Crippen LogP contribution in [0, 0.1) is 19.8 Å². The molecule has 0 spiro atoms. The van der Waals surface area contributed by atoms with Crippen molar-refractivity contribution in [3.8, 4) is 0 Å². The summed E-state index contributed by atoms with van der Waals surface area (Å²) in [6, 6.07) is -0.420. The first kappa shape index (κ1) is 19.4. The van der Waals surface area contributed by atoms with E-state index < -0.39 is 11.6 Å². The summed E-state index contributed by atoms with van der Waals surface area (Å²) >= 11 is 0. The third kappa shape index (κ3) is 3.33. The van der Waals surface area contributed by atoms with Crippen LogP contribution in [0.5, 0.6) is 0 Å². The second-order valence-corrected chi connectivity index (χ2v) is 7.55. The zero-order valence-corrected chi connectivity index (χ0v) is 16.6. The smallest absolute Gasteiger partial charge is 0.322 e. The Balaban J connectivity index is 1.63. The molecule has 1 aromatic rings. The van der Waals surface area contributed by atoms with Crippen molar-refractivity contribution in [2.75, 3.05) is 13.1 Å². The predicted octanol–water partition coefficient (Wildman–Crippen LogP) is 1.29. The van der Waals surface area contributed by atoms with Crippen LogP contribution in [0.4, 0.5) is 4.79 Å². The van der Waals surface area contributed by atoms with Gasteiger partial charge in [-0.25, -0.2) is 4.79 Å². The lowest BCUT2D eigenvalue weighted by molar-refractivity contribution is -0.134. The molecule has 1 atom stereocenters. The molecule has 0 aliphatic carbocycles. The van der Waals surface area contributed by atoms with Crippen LogP contribution in [0.2, 0.25) is 0 Å². The van der Waals surface area contributed by atoms with Gasteiger partial charge in [0.25, 0.3) is 5.91 Å². The van der Waals surface area contributed by atoms with Gasteiger partial charge in [-0.3, -0.25) is 19.6 Å². The summed E-state index contributed by atoms with van der Waals surface area (Å²) in [7, 11) is 0. The normalized spacial score (nSPS) is 23.5. The number of hydrogen-bond acceptors (Lipinski definition) is 4. The van der Waals surface area contributed by atoms with Gasteiger partial charge in [-0.2, -0.15) is 5.10 Å². The van der Waals surface area contributed by atoms with Crippen molar-refractivity contribution in [2.24, 2.45) is 5.92 Å². The lowest BCUT2D eigenvalue weighted by Crippen LogP contribution is -2.56. The summed E-state index contributed by atoms with van der Waals surface area (Å²) in [6.07, 6.45) is 2.86. The molecule has 8 nitrogen and oxygen atoms in total. The van der Waals surface area contributed by atoms with Crippen molar-refractivity contribution in [3.05, 3.63) is 17.0 Å². The number of piperidine rings is 1. The Labute approximate surface area is 159 Å². The summed E-state index contributed by atoms with van der Waals surface area (Å²) in [5.74, 6) is -0.153. The summed E-state index contributed by atoms with van der Waals surface area (Å²) in [6.45, 7) is 9.41. The number of carbonyl (C=O) groups excluding carboxylic acids is 3. The van der Waals surface area contributed by atoms with Crippen LogP contribution in [0.15, 0.2) is 0 Å². The Morgan fingerprint density at radius 1 is 1.22 bits per heavy atom. The molecule has 4 amide bonds. The first-order valence-electron chi connectivity index (χ1n) is 9.76. The average molecular weight is 375 g/mol. The molecule has 3 heterocycles. The quantitative estimate of drug-likeness (QED) is 0.758. The monoisotopic (exact) mass is 375 g/mol. The number of aromatic nitrogens is 2. The van der Waals surface area contributed by atoms with E-state index in [1.807, 2.05) is 25.7 Å². The number of nitrogens with zero attached hydrogens (tertiary/aromatic N) is 3. The fraction of sp³-hybridized carbons (Fsp3) is 0.684. The molecule has 0 saturated carbocycles. The van der Waals surface area contributed by atoms with Crippen LogP contribution in [0.25, 0.3) is 0 Å². The Morgan fingerprint density at radius 3 is 2.37 bits per heavy atom. The Bertz CT molecular complexity index is 764. The minimum Gasteiger partial charge on any atom is -0.341 e. The summed E-state index contributed by atoms with van der Waals surface area (Å²) in [5, 5.41) is 9.69. The van der Waals surface area contributed by atoms with E-state index >= 15 is 0 Å². The molecule has 1 unspecified atom stereocenters. The Morgan fingerprint density at radius 2 is 1.89 bits per heavy atom. The topological polar surface area (TPSA) is 96.3 Å². The highest BCUT2D eigenvalue weighted by atomic mass is 16.2. The molecule has 8 heteroatoms. The van der Waals surface area contributed by atoms with Crippen molar-refractivity contribution < 1.29 is 14.4 Å². The molecule has 3 rings (SSSR count). The van der Waals surface area contributed by atoms with E-state index in [1.54, 1.807) is 4.68 Å². The van der Waals surface area contributed by atoms with Crippen LogP contribution < -0.4 is 10.6 Å². The molecule has 0 bridgehead atoms. The van der Waals surface area contributed by atoms with Crippen molar-refractivity contribution in [3.63, 3.8) is 0 Å². The third-order valence-corrected chi connectivity index (χ3v) is 6.24. The first-order chi connectivity index (χ1) is 12.8. The number of imide groups is 1. The van der Waals surface area contributed by atoms with Crippen LogP contribution in [0.3, 0.4) is 0 Å². The van der Waals surface area contributed by atoms with Gasteiger partial charge in [0.05, 0.1) is 5.69 Å². The van der Waals surface area contributed by atoms with E-state index in [1.165, 1.54) is 5.56 Å². The van der Waals surface area contributed by atoms with Gasteiger partial charge >= 0.3 is 6.03 Å². The zero-order valence-electron chi connectivity index (χ0n) is 16.6. The molecule has 148 valence electrons. The highest BCUT2D eigenvalue weighted by Crippen LogP contribution is 2.33. The summed E-state index contributed by atoms with van der Waals surface area (Å²) in [4.78, 5) is 38.5. The minimum atomic E-state index is -0.835. The largest absolute Gasteiger partial charge is 0.341 e. The van der Waals surface area contributed by atoms with Gasteiger partial charge in [-0.05, 0) is 51.0 Å². The van der Waals surface area contributed by atoms with Crippen molar-refractivity contribution >= 4 is 17.8 Å². The minimum absolute atomic E-state index is 0.0402. The van der Waals surface area contributed by atoms with E-state index in [4.69, 9.17) is 0 Å². The SMILES string of the molecule is CCc1c(C)nn(CC(=O)N2CCC(C3(CC)NC(=O)NC3=O)CC2)c1C. The number of carbonyl (C=O) groups is 3. The van der Waals surface area contributed by atoms with Crippen LogP contribution in [-0.2, 0) is 22.6 Å². The lowest BCUT2D eigenvalue weighted by atomic mass is 9.76. The second-order valence-electron chi connectivity index (χ2n) is 7.55. The van der Waals surface area contributed by atoms with Crippen molar-refractivity contribution in [2.45, 2.75) is 65.5 Å². The van der Waals surface area contributed by atoms with Gasteiger partial charge in [-0.15, -0.1) is 0 Å². The lowest BCUT2D eigenvalue weighted by Gasteiger charge is -2.40. The number of aryl methyl sites for hydroxylation is 1. The molecule has 2 N–H and O–H groups in total. The summed E-state index contributed by atoms with van der Waals surface area (Å²) in [5.41, 5.74) is 2.40. The highest BCUT2D eigenvalue weighted by Gasteiger charge is 2.51. The van der Waals surface area contributed by atoms with Gasteiger partial charge in [-0.1, -0.05) is 13.8 Å². The molecule has 27 heavy (non-hydrogen) atoms. The molecule has 1 aromatic heterocycles. The highest BCUT2D eigenvalue weighted by molar-refractivity contribution is 6.07. The first-order valence-corrected chi connectivity index (χ1v) is 9.76. The predicted molar refractivity (Wildman–Crippen MR) is 100 cm³/mol.